The van der Waals surface area contributed by atoms with Crippen LogP contribution in [-0.2, 0) is 21.3 Å². The second kappa shape index (κ2) is 5.25. The molecule has 23 heavy (non-hydrogen) atoms. The van der Waals surface area contributed by atoms with Crippen LogP contribution < -0.4 is 10.5 Å². The van der Waals surface area contributed by atoms with Crippen molar-refractivity contribution in [3.63, 3.8) is 0 Å². The molecule has 7 heteroatoms. The summed E-state index contributed by atoms with van der Waals surface area (Å²) >= 11 is 0. The van der Waals surface area contributed by atoms with Gasteiger partial charge in [0.15, 0.2) is 6.29 Å². The quantitative estimate of drug-likeness (QED) is 0.874. The van der Waals surface area contributed by atoms with Crippen molar-refractivity contribution in [3.8, 4) is 11.9 Å². The summed E-state index contributed by atoms with van der Waals surface area (Å²) in [6.07, 6.45) is 3.21. The Balaban J connectivity index is 1.89. The SMILES string of the molecule is CCCCc1[nH]nc2c1C1(CC3COC1OC3)C(C#N)=C(N)O2. The Morgan fingerprint density at radius 1 is 1.43 bits per heavy atom. The summed E-state index contributed by atoms with van der Waals surface area (Å²) < 4.78 is 17.4. The first-order chi connectivity index (χ1) is 11.2. The predicted octanol–water partition coefficient (Wildman–Crippen LogP) is 1.47. The van der Waals surface area contributed by atoms with Crippen LogP contribution in [0.2, 0.25) is 0 Å². The Hall–Kier alpha value is -2.04. The lowest BCUT2D eigenvalue weighted by molar-refractivity contribution is -0.266. The second-order valence-electron chi connectivity index (χ2n) is 6.48. The van der Waals surface area contributed by atoms with Gasteiger partial charge in [0.05, 0.1) is 24.2 Å². The zero-order valence-corrected chi connectivity index (χ0v) is 13.1. The normalized spacial score (nSPS) is 31.8. The molecular weight excluding hydrogens is 296 g/mol. The molecular formula is C16H20N4O3. The van der Waals surface area contributed by atoms with Gasteiger partial charge in [0.1, 0.15) is 11.6 Å². The lowest BCUT2D eigenvalue weighted by Gasteiger charge is -2.51. The molecule has 0 amide bonds. The van der Waals surface area contributed by atoms with E-state index < -0.39 is 11.7 Å². The molecule has 0 aromatic carbocycles. The Bertz CT molecular complexity index is 697. The number of ether oxygens (including phenoxy) is 3. The van der Waals surface area contributed by atoms with Crippen LogP contribution in [0.5, 0.6) is 5.88 Å². The minimum Gasteiger partial charge on any atom is -0.420 e. The fourth-order valence-electron chi connectivity index (χ4n) is 4.02. The number of nitrogens with one attached hydrogen (secondary N) is 1. The third kappa shape index (κ3) is 1.92. The van der Waals surface area contributed by atoms with Crippen molar-refractivity contribution in [1.29, 1.82) is 5.26 Å². The average molecular weight is 316 g/mol. The minimum absolute atomic E-state index is 0.105. The number of H-pyrrole nitrogens is 1. The summed E-state index contributed by atoms with van der Waals surface area (Å²) in [5.41, 5.74) is 7.60. The van der Waals surface area contributed by atoms with Gasteiger partial charge in [-0.05, 0) is 19.3 Å². The van der Waals surface area contributed by atoms with Crippen molar-refractivity contribution < 1.29 is 14.2 Å². The Labute approximate surface area is 134 Å². The van der Waals surface area contributed by atoms with Gasteiger partial charge in [-0.1, -0.05) is 13.3 Å². The minimum atomic E-state index is -0.705. The van der Waals surface area contributed by atoms with Crippen LogP contribution in [0.15, 0.2) is 11.5 Å². The maximum atomic E-state index is 9.73. The van der Waals surface area contributed by atoms with E-state index in [0.717, 1.165) is 36.9 Å². The van der Waals surface area contributed by atoms with E-state index >= 15 is 0 Å². The largest absolute Gasteiger partial charge is 0.420 e. The highest BCUT2D eigenvalue weighted by molar-refractivity contribution is 5.55. The molecule has 1 aromatic heterocycles. The number of nitrogens with two attached hydrogens (primary N) is 1. The standard InChI is InChI=1S/C16H20N4O3/c1-2-3-4-11-12-14(20-19-11)23-13(18)10(6-17)16(12)5-9-7-21-15(16)22-8-9/h9,15H,2-5,7-8,18H2,1H3,(H,19,20). The van der Waals surface area contributed by atoms with E-state index in [2.05, 4.69) is 23.2 Å². The third-order valence-electron chi connectivity index (χ3n) is 5.03. The first kappa shape index (κ1) is 14.5. The van der Waals surface area contributed by atoms with E-state index in [1.54, 1.807) is 0 Å². The summed E-state index contributed by atoms with van der Waals surface area (Å²) in [5.74, 6) is 0.802. The topological polar surface area (TPSA) is 106 Å². The molecule has 5 heterocycles. The number of rotatable bonds is 3. The van der Waals surface area contributed by atoms with Crippen molar-refractivity contribution in [2.45, 2.75) is 44.3 Å². The van der Waals surface area contributed by atoms with Crippen molar-refractivity contribution in [2.75, 3.05) is 13.2 Å². The van der Waals surface area contributed by atoms with E-state index in [1.807, 2.05) is 0 Å². The number of nitrogens with zero attached hydrogens (tertiary/aromatic N) is 2. The van der Waals surface area contributed by atoms with Gasteiger partial charge in [-0.15, -0.1) is 5.10 Å². The smallest absolute Gasteiger partial charge is 0.244 e. The molecule has 2 bridgehead atoms. The lowest BCUT2D eigenvalue weighted by Crippen LogP contribution is -2.58. The molecule has 7 nitrogen and oxygen atoms in total. The second-order valence-corrected chi connectivity index (χ2v) is 6.48. The molecule has 1 aromatic rings. The van der Waals surface area contributed by atoms with Gasteiger partial charge in [0, 0.05) is 11.6 Å². The molecule has 122 valence electrons. The zero-order valence-electron chi connectivity index (χ0n) is 13.1. The molecule has 3 fully saturated rings. The summed E-state index contributed by atoms with van der Waals surface area (Å²) in [6.45, 7) is 3.45. The number of fused-ring (bicyclic) bond motifs is 3. The van der Waals surface area contributed by atoms with Gasteiger partial charge in [0.2, 0.25) is 11.8 Å². The molecule has 1 spiro atoms. The number of aromatic nitrogens is 2. The van der Waals surface area contributed by atoms with Crippen LogP contribution in [-0.4, -0.2) is 29.7 Å². The van der Waals surface area contributed by atoms with Crippen molar-refractivity contribution in [2.24, 2.45) is 11.7 Å². The number of hydrogen-bond acceptors (Lipinski definition) is 6. The van der Waals surface area contributed by atoms with Gasteiger partial charge in [-0.3, -0.25) is 5.10 Å². The van der Waals surface area contributed by atoms with Gasteiger partial charge in [-0.2, -0.15) is 5.26 Å². The fraction of sp³-hybridized carbons (Fsp3) is 0.625. The summed E-state index contributed by atoms with van der Waals surface area (Å²) in [4.78, 5) is 0. The van der Waals surface area contributed by atoms with E-state index in [-0.39, 0.29) is 11.8 Å². The molecule has 4 aliphatic rings. The van der Waals surface area contributed by atoms with Crippen molar-refractivity contribution >= 4 is 0 Å². The molecule has 3 N–H and O–H groups in total. The van der Waals surface area contributed by atoms with Crippen LogP contribution in [0.25, 0.3) is 0 Å². The lowest BCUT2D eigenvalue weighted by atomic mass is 9.64. The molecule has 1 unspecified atom stereocenters. The van der Waals surface area contributed by atoms with Crippen LogP contribution in [0.1, 0.15) is 37.4 Å². The van der Waals surface area contributed by atoms with E-state index in [1.165, 1.54) is 0 Å². The van der Waals surface area contributed by atoms with Crippen LogP contribution in [0, 0.1) is 17.2 Å². The maximum Gasteiger partial charge on any atom is 0.244 e. The highest BCUT2D eigenvalue weighted by atomic mass is 16.7. The number of aromatic amines is 1. The van der Waals surface area contributed by atoms with Crippen LogP contribution in [0.4, 0.5) is 0 Å². The maximum absolute atomic E-state index is 9.73. The molecule has 0 radical (unpaired) electrons. The van der Waals surface area contributed by atoms with Gasteiger partial charge in [0.25, 0.3) is 0 Å². The Morgan fingerprint density at radius 3 is 2.83 bits per heavy atom. The molecule has 1 atom stereocenters. The fourth-order valence-corrected chi connectivity index (χ4v) is 4.02. The first-order valence-corrected chi connectivity index (χ1v) is 8.09. The highest BCUT2D eigenvalue weighted by Crippen LogP contribution is 2.54. The molecule has 4 aliphatic heterocycles. The average Bonchev–Trinajstić information content (AvgIpc) is 2.97. The highest BCUT2D eigenvalue weighted by Gasteiger charge is 2.59. The van der Waals surface area contributed by atoms with Gasteiger partial charge < -0.3 is 19.9 Å². The summed E-state index contributed by atoms with van der Waals surface area (Å²) in [6, 6.07) is 2.24. The Kier molecular flexibility index (Phi) is 3.32. The molecule has 0 saturated carbocycles. The Morgan fingerprint density at radius 2 is 2.22 bits per heavy atom. The van der Waals surface area contributed by atoms with Crippen LogP contribution in [0.3, 0.4) is 0 Å². The number of aryl methyl sites for hydroxylation is 1. The third-order valence-corrected chi connectivity index (χ3v) is 5.03. The van der Waals surface area contributed by atoms with E-state index in [9.17, 15) is 5.26 Å². The van der Waals surface area contributed by atoms with Gasteiger partial charge in [-0.25, -0.2) is 0 Å². The van der Waals surface area contributed by atoms with E-state index in [0.29, 0.717) is 24.7 Å². The van der Waals surface area contributed by atoms with Crippen molar-refractivity contribution in [3.05, 3.63) is 22.7 Å². The van der Waals surface area contributed by atoms with Crippen molar-refractivity contribution in [1.82, 2.24) is 10.2 Å². The first-order valence-electron chi connectivity index (χ1n) is 8.09. The van der Waals surface area contributed by atoms with Crippen LogP contribution >= 0.6 is 0 Å². The van der Waals surface area contributed by atoms with E-state index in [4.69, 9.17) is 19.9 Å². The number of hydrogen-bond donors (Lipinski definition) is 2. The number of nitriles is 1. The monoisotopic (exact) mass is 316 g/mol. The summed E-state index contributed by atoms with van der Waals surface area (Å²) in [7, 11) is 0. The predicted molar refractivity (Wildman–Crippen MR) is 80.1 cm³/mol. The van der Waals surface area contributed by atoms with Gasteiger partial charge >= 0.3 is 0 Å². The molecule has 0 aliphatic carbocycles. The molecule has 3 saturated heterocycles. The number of unbranched alkanes of at least 4 members (excludes halogenated alkanes) is 1. The summed E-state index contributed by atoms with van der Waals surface area (Å²) in [5, 5.41) is 17.1. The zero-order chi connectivity index (χ0) is 16.0. The molecule has 5 rings (SSSR count).